The molecule has 126 valence electrons. The van der Waals surface area contributed by atoms with Gasteiger partial charge in [0.25, 0.3) is 5.69 Å². The van der Waals surface area contributed by atoms with Crippen molar-refractivity contribution in [2.75, 3.05) is 23.8 Å². The van der Waals surface area contributed by atoms with Gasteiger partial charge in [0.15, 0.2) is 0 Å². The van der Waals surface area contributed by atoms with Crippen molar-refractivity contribution in [3.05, 3.63) is 63.5 Å². The largest absolute Gasteiger partial charge is 0.360 e. The maximum Gasteiger partial charge on any atom is 0.295 e. The summed E-state index contributed by atoms with van der Waals surface area (Å²) in [6.45, 7) is 3.68. The van der Waals surface area contributed by atoms with Crippen LogP contribution < -0.4 is 10.2 Å². The Bertz CT molecular complexity index is 772. The molecule has 0 aliphatic carbocycles. The second-order valence-electron chi connectivity index (χ2n) is 5.56. The summed E-state index contributed by atoms with van der Waals surface area (Å²) in [6, 6.07) is 8.93. The van der Waals surface area contributed by atoms with Crippen molar-refractivity contribution in [3.63, 3.8) is 0 Å². The summed E-state index contributed by atoms with van der Waals surface area (Å²) in [5, 5.41) is 13.9. The predicted octanol–water partition coefficient (Wildman–Crippen LogP) is 3.43. The van der Waals surface area contributed by atoms with Gasteiger partial charge in [-0.05, 0) is 37.1 Å². The molecule has 0 aliphatic heterocycles. The van der Waals surface area contributed by atoms with Crippen molar-refractivity contribution in [1.29, 1.82) is 0 Å². The number of hydrogen-bond acceptors (Lipinski definition) is 4. The number of nitrogens with one attached hydrogen (secondary N) is 1. The predicted molar refractivity (Wildman–Crippen MR) is 90.9 cm³/mol. The lowest BCUT2D eigenvalue weighted by atomic mass is 10.1. The number of hydrogen-bond donors (Lipinski definition) is 1. The fourth-order valence-corrected chi connectivity index (χ4v) is 2.46. The molecule has 0 aliphatic rings. The van der Waals surface area contributed by atoms with Crippen LogP contribution >= 0.6 is 0 Å². The van der Waals surface area contributed by atoms with Crippen LogP contribution in [0.15, 0.2) is 36.4 Å². The van der Waals surface area contributed by atoms with Gasteiger partial charge in [0.05, 0.1) is 17.5 Å². The summed E-state index contributed by atoms with van der Waals surface area (Å²) in [7, 11) is 1.55. The van der Waals surface area contributed by atoms with Crippen LogP contribution in [0.1, 0.15) is 11.1 Å². The normalized spacial score (nSPS) is 10.3. The summed E-state index contributed by atoms with van der Waals surface area (Å²) in [4.78, 5) is 24.1. The molecule has 0 aromatic heterocycles. The van der Waals surface area contributed by atoms with Crippen LogP contribution in [-0.4, -0.2) is 24.4 Å². The second kappa shape index (κ2) is 7.08. The Hall–Kier alpha value is -2.96. The molecule has 2 aromatic rings. The van der Waals surface area contributed by atoms with Crippen molar-refractivity contribution >= 4 is 23.0 Å². The van der Waals surface area contributed by atoms with E-state index in [1.165, 1.54) is 11.0 Å². The number of aryl methyl sites for hydroxylation is 2. The van der Waals surface area contributed by atoms with Crippen LogP contribution in [0.25, 0.3) is 0 Å². The number of nitrogens with zero attached hydrogens (tertiary/aromatic N) is 2. The van der Waals surface area contributed by atoms with Gasteiger partial charge in [0, 0.05) is 12.7 Å². The second-order valence-corrected chi connectivity index (χ2v) is 5.56. The molecule has 0 radical (unpaired) electrons. The van der Waals surface area contributed by atoms with Gasteiger partial charge in [0.2, 0.25) is 5.91 Å². The molecule has 24 heavy (non-hydrogen) atoms. The summed E-state index contributed by atoms with van der Waals surface area (Å²) in [6.07, 6.45) is 0. The number of halogens is 1. The Morgan fingerprint density at radius 2 is 1.88 bits per heavy atom. The lowest BCUT2D eigenvalue weighted by Gasteiger charge is -2.19. The molecule has 0 spiro atoms. The van der Waals surface area contributed by atoms with Gasteiger partial charge in [-0.15, -0.1) is 0 Å². The number of carbonyl (C=O) groups is 1. The first-order valence-electron chi connectivity index (χ1n) is 7.30. The van der Waals surface area contributed by atoms with Gasteiger partial charge < -0.3 is 10.2 Å². The lowest BCUT2D eigenvalue weighted by Crippen LogP contribution is -2.30. The molecule has 6 nitrogen and oxygen atoms in total. The van der Waals surface area contributed by atoms with Crippen molar-refractivity contribution in [1.82, 2.24) is 0 Å². The highest BCUT2D eigenvalue weighted by Crippen LogP contribution is 2.28. The Morgan fingerprint density at radius 3 is 2.46 bits per heavy atom. The van der Waals surface area contributed by atoms with Crippen LogP contribution in [0.5, 0.6) is 0 Å². The number of nitro benzene ring substituents is 1. The summed E-state index contributed by atoms with van der Waals surface area (Å²) < 4.78 is 13.2. The van der Waals surface area contributed by atoms with E-state index in [9.17, 15) is 19.3 Å². The minimum atomic E-state index is -0.696. The third-order valence-corrected chi connectivity index (χ3v) is 3.67. The fraction of sp³-hybridized carbons (Fsp3) is 0.235. The Labute approximate surface area is 139 Å². The molecule has 1 amide bonds. The number of amides is 1. The first kappa shape index (κ1) is 17.4. The molecule has 0 heterocycles. The standard InChI is InChI=1S/C17H18FN3O3/c1-11-5-4-6-12(2)17(11)19-16(22)10-20(3)14-8-7-13(18)9-15(14)21(23)24/h4-9H,10H2,1-3H3,(H,19,22). The van der Waals surface area contributed by atoms with Crippen molar-refractivity contribution in [2.45, 2.75) is 13.8 Å². The molecule has 0 atom stereocenters. The molecule has 0 saturated heterocycles. The topological polar surface area (TPSA) is 75.5 Å². The molecule has 1 N–H and O–H groups in total. The molecule has 7 heteroatoms. The number of benzene rings is 2. The van der Waals surface area contributed by atoms with Crippen LogP contribution in [-0.2, 0) is 4.79 Å². The van der Waals surface area contributed by atoms with Gasteiger partial charge in [0.1, 0.15) is 11.5 Å². The highest BCUT2D eigenvalue weighted by atomic mass is 19.1. The SMILES string of the molecule is Cc1cccc(C)c1NC(=O)CN(C)c1ccc(F)cc1[N+](=O)[O-]. The van der Waals surface area contributed by atoms with Gasteiger partial charge in [-0.1, -0.05) is 18.2 Å². The average molecular weight is 331 g/mol. The van der Waals surface area contributed by atoms with Gasteiger partial charge in [-0.3, -0.25) is 14.9 Å². The van der Waals surface area contributed by atoms with Gasteiger partial charge in [-0.25, -0.2) is 4.39 Å². The zero-order valence-electron chi connectivity index (χ0n) is 13.7. The van der Waals surface area contributed by atoms with E-state index in [1.54, 1.807) is 7.05 Å². The monoisotopic (exact) mass is 331 g/mol. The molecule has 0 bridgehead atoms. The van der Waals surface area contributed by atoms with E-state index in [0.29, 0.717) is 0 Å². The smallest absolute Gasteiger partial charge is 0.295 e. The van der Waals surface area contributed by atoms with Crippen molar-refractivity contribution in [2.24, 2.45) is 0 Å². The minimum absolute atomic E-state index is 0.0970. The van der Waals surface area contributed by atoms with Crippen LogP contribution in [0.2, 0.25) is 0 Å². The maximum absolute atomic E-state index is 13.2. The highest BCUT2D eigenvalue weighted by molar-refractivity contribution is 5.95. The van der Waals surface area contributed by atoms with E-state index < -0.39 is 10.7 Å². The third-order valence-electron chi connectivity index (χ3n) is 3.67. The molecular weight excluding hydrogens is 313 g/mol. The van der Waals surface area contributed by atoms with E-state index in [0.717, 1.165) is 28.9 Å². The quantitative estimate of drug-likeness (QED) is 0.673. The van der Waals surface area contributed by atoms with Crippen molar-refractivity contribution in [3.8, 4) is 0 Å². The first-order chi connectivity index (χ1) is 11.3. The number of carbonyl (C=O) groups excluding carboxylic acids is 1. The zero-order valence-corrected chi connectivity index (χ0v) is 13.7. The molecule has 0 fully saturated rings. The van der Waals surface area contributed by atoms with Crippen LogP contribution in [0.3, 0.4) is 0 Å². The summed E-state index contributed by atoms with van der Waals surface area (Å²) in [5.41, 5.74) is 2.39. The van der Waals surface area contributed by atoms with E-state index in [1.807, 2.05) is 32.0 Å². The van der Waals surface area contributed by atoms with Crippen LogP contribution in [0, 0.1) is 29.8 Å². The number of nitro groups is 1. The van der Waals surface area contributed by atoms with E-state index in [2.05, 4.69) is 5.32 Å². The molecule has 2 aromatic carbocycles. The molecule has 0 unspecified atom stereocenters. The number of anilines is 2. The highest BCUT2D eigenvalue weighted by Gasteiger charge is 2.20. The third kappa shape index (κ3) is 3.87. The Morgan fingerprint density at radius 1 is 1.25 bits per heavy atom. The summed E-state index contributed by atoms with van der Waals surface area (Å²) >= 11 is 0. The maximum atomic E-state index is 13.2. The van der Waals surface area contributed by atoms with Gasteiger partial charge in [-0.2, -0.15) is 0 Å². The minimum Gasteiger partial charge on any atom is -0.360 e. The molecule has 0 saturated carbocycles. The lowest BCUT2D eigenvalue weighted by molar-refractivity contribution is -0.384. The molecule has 2 rings (SSSR count). The Balaban J connectivity index is 2.17. The zero-order chi connectivity index (χ0) is 17.9. The number of likely N-dealkylation sites (N-methyl/N-ethyl adjacent to an activating group) is 1. The average Bonchev–Trinajstić information content (AvgIpc) is 2.50. The van der Waals surface area contributed by atoms with E-state index >= 15 is 0 Å². The Kier molecular flexibility index (Phi) is 5.13. The summed E-state index contributed by atoms with van der Waals surface area (Å²) in [5.74, 6) is -1.01. The van der Waals surface area contributed by atoms with E-state index in [-0.39, 0.29) is 23.8 Å². The first-order valence-corrected chi connectivity index (χ1v) is 7.30. The number of rotatable bonds is 5. The van der Waals surface area contributed by atoms with Crippen LogP contribution in [0.4, 0.5) is 21.5 Å². The van der Waals surface area contributed by atoms with Gasteiger partial charge >= 0.3 is 0 Å². The number of para-hydroxylation sites is 1. The van der Waals surface area contributed by atoms with E-state index in [4.69, 9.17) is 0 Å². The fourth-order valence-electron chi connectivity index (χ4n) is 2.46. The van der Waals surface area contributed by atoms with Crippen molar-refractivity contribution < 1.29 is 14.1 Å². The molecular formula is C17H18FN3O3.